The molecule has 6 aromatic rings. The Bertz CT molecular complexity index is 1790. The van der Waals surface area contributed by atoms with Crippen molar-refractivity contribution in [2.24, 2.45) is 5.92 Å². The molecule has 0 aliphatic rings. The van der Waals surface area contributed by atoms with Gasteiger partial charge in [-0.15, -0.1) is 0 Å². The molecule has 0 aliphatic heterocycles. The summed E-state index contributed by atoms with van der Waals surface area (Å²) < 4.78 is 0. The van der Waals surface area contributed by atoms with Crippen LogP contribution in [0.25, 0.3) is 54.7 Å². The van der Waals surface area contributed by atoms with Crippen molar-refractivity contribution in [2.75, 3.05) is 0 Å². The molecule has 0 atom stereocenters. The Kier molecular flexibility index (Phi) is 6.16. The van der Waals surface area contributed by atoms with Gasteiger partial charge in [-0.05, 0) is 84.7 Å². The number of aromatic nitrogens is 1. The fourth-order valence-electron chi connectivity index (χ4n) is 5.87. The molecule has 0 bridgehead atoms. The Labute approximate surface area is 227 Å². The molecule has 0 aliphatic carbocycles. The molecule has 0 unspecified atom stereocenters. The van der Waals surface area contributed by atoms with Gasteiger partial charge < -0.3 is 0 Å². The molecule has 0 amide bonds. The van der Waals surface area contributed by atoms with Crippen molar-refractivity contribution < 1.29 is 0 Å². The Morgan fingerprint density at radius 3 is 1.79 bits per heavy atom. The van der Waals surface area contributed by atoms with E-state index < -0.39 is 8.07 Å². The number of pyridine rings is 1. The summed E-state index contributed by atoms with van der Waals surface area (Å²) in [4.78, 5) is 5.02. The lowest BCUT2D eigenvalue weighted by Gasteiger charge is -2.22. The second-order valence-corrected chi connectivity index (χ2v) is 17.0. The van der Waals surface area contributed by atoms with Crippen molar-refractivity contribution in [3.63, 3.8) is 0 Å². The highest BCUT2D eigenvalue weighted by atomic mass is 28.3. The molecule has 5 aromatic carbocycles. The second-order valence-electron chi connectivity index (χ2n) is 12.0. The van der Waals surface area contributed by atoms with Crippen LogP contribution in [-0.2, 0) is 6.42 Å². The van der Waals surface area contributed by atoms with Crippen LogP contribution in [0.1, 0.15) is 19.4 Å². The van der Waals surface area contributed by atoms with E-state index in [1.54, 1.807) is 0 Å². The standard InChI is InChI=1S/C36H35NSi/c1-24(2)19-28-22-35(37-23-36(28)38(3,4)5)27-16-18-31-29-13-9-10-14-30(29)33-20-26(25-11-7-6-8-12-25)15-17-32(33)34(31)21-27/h6-18,20-24H,19H2,1-5H3. The first-order valence-corrected chi connectivity index (χ1v) is 17.2. The Balaban J connectivity index is 1.59. The fourth-order valence-corrected chi connectivity index (χ4v) is 7.45. The number of fused-ring (bicyclic) bond motifs is 6. The second kappa shape index (κ2) is 9.52. The number of nitrogens with zero attached hydrogens (tertiary/aromatic N) is 1. The molecule has 0 fully saturated rings. The average molecular weight is 510 g/mol. The van der Waals surface area contributed by atoms with E-state index in [0.717, 1.165) is 12.1 Å². The first-order valence-electron chi connectivity index (χ1n) is 13.7. The topological polar surface area (TPSA) is 12.9 Å². The first-order chi connectivity index (χ1) is 18.3. The summed E-state index contributed by atoms with van der Waals surface area (Å²) in [6.07, 6.45) is 3.27. The van der Waals surface area contributed by atoms with Crippen molar-refractivity contribution >= 4 is 45.6 Å². The first kappa shape index (κ1) is 24.6. The summed E-state index contributed by atoms with van der Waals surface area (Å²) in [6, 6.07) is 35.7. The van der Waals surface area contributed by atoms with E-state index in [-0.39, 0.29) is 0 Å². The van der Waals surface area contributed by atoms with Crippen LogP contribution in [-0.4, -0.2) is 13.1 Å². The Hall–Kier alpha value is -3.75. The van der Waals surface area contributed by atoms with Crippen LogP contribution in [0.4, 0.5) is 0 Å². The van der Waals surface area contributed by atoms with Crippen LogP contribution >= 0.6 is 0 Å². The van der Waals surface area contributed by atoms with Gasteiger partial charge in [-0.1, -0.05) is 112 Å². The fraction of sp³-hybridized carbons (Fsp3) is 0.194. The van der Waals surface area contributed by atoms with Crippen LogP contribution in [0.5, 0.6) is 0 Å². The lowest BCUT2D eigenvalue weighted by molar-refractivity contribution is 0.649. The van der Waals surface area contributed by atoms with Gasteiger partial charge in [-0.2, -0.15) is 0 Å². The highest BCUT2D eigenvalue weighted by Crippen LogP contribution is 2.38. The van der Waals surface area contributed by atoms with E-state index in [4.69, 9.17) is 4.98 Å². The molecule has 0 saturated heterocycles. The molecular weight excluding hydrogens is 474 g/mol. The van der Waals surface area contributed by atoms with Crippen molar-refractivity contribution in [2.45, 2.75) is 39.9 Å². The van der Waals surface area contributed by atoms with Crippen molar-refractivity contribution in [3.8, 4) is 22.4 Å². The largest absolute Gasteiger partial charge is 0.256 e. The molecule has 0 N–H and O–H groups in total. The van der Waals surface area contributed by atoms with E-state index in [9.17, 15) is 0 Å². The predicted octanol–water partition coefficient (Wildman–Crippen LogP) is 9.62. The van der Waals surface area contributed by atoms with E-state index >= 15 is 0 Å². The van der Waals surface area contributed by atoms with E-state index in [1.807, 2.05) is 0 Å². The van der Waals surface area contributed by atoms with Crippen molar-refractivity contribution in [1.82, 2.24) is 4.98 Å². The number of hydrogen-bond acceptors (Lipinski definition) is 1. The molecule has 1 nitrogen and oxygen atoms in total. The monoisotopic (exact) mass is 509 g/mol. The number of benzene rings is 5. The summed E-state index contributed by atoms with van der Waals surface area (Å²) in [6.45, 7) is 11.9. The molecule has 188 valence electrons. The third kappa shape index (κ3) is 4.44. The maximum Gasteiger partial charge on any atom is 0.0799 e. The Morgan fingerprint density at radius 1 is 0.579 bits per heavy atom. The van der Waals surface area contributed by atoms with Crippen LogP contribution < -0.4 is 5.19 Å². The van der Waals surface area contributed by atoms with E-state index in [1.165, 1.54) is 59.8 Å². The molecule has 1 aromatic heterocycles. The van der Waals surface area contributed by atoms with E-state index in [2.05, 4.69) is 137 Å². The summed E-state index contributed by atoms with van der Waals surface area (Å²) in [5, 5.41) is 9.27. The third-order valence-electron chi connectivity index (χ3n) is 7.67. The van der Waals surface area contributed by atoms with Crippen molar-refractivity contribution in [1.29, 1.82) is 0 Å². The van der Waals surface area contributed by atoms with Crippen LogP contribution in [0.2, 0.25) is 19.6 Å². The van der Waals surface area contributed by atoms with Crippen molar-refractivity contribution in [3.05, 3.63) is 109 Å². The van der Waals surface area contributed by atoms with Gasteiger partial charge in [0.05, 0.1) is 13.8 Å². The lowest BCUT2D eigenvalue weighted by Crippen LogP contribution is -2.40. The molecule has 0 saturated carbocycles. The van der Waals surface area contributed by atoms with Gasteiger partial charge >= 0.3 is 0 Å². The zero-order valence-corrected chi connectivity index (χ0v) is 24.0. The van der Waals surface area contributed by atoms with E-state index in [0.29, 0.717) is 5.92 Å². The maximum absolute atomic E-state index is 5.02. The quantitative estimate of drug-likeness (QED) is 0.166. The van der Waals surface area contributed by atoms with Gasteiger partial charge in [0.2, 0.25) is 0 Å². The summed E-state index contributed by atoms with van der Waals surface area (Å²) in [7, 11) is -1.48. The smallest absolute Gasteiger partial charge is 0.0799 e. The van der Waals surface area contributed by atoms with Gasteiger partial charge in [0.25, 0.3) is 0 Å². The molecular formula is C36H35NSi. The van der Waals surface area contributed by atoms with Gasteiger partial charge in [0, 0.05) is 11.8 Å². The van der Waals surface area contributed by atoms with Gasteiger partial charge in [0.15, 0.2) is 0 Å². The minimum Gasteiger partial charge on any atom is -0.256 e. The zero-order valence-electron chi connectivity index (χ0n) is 23.0. The van der Waals surface area contributed by atoms with Gasteiger partial charge in [-0.25, -0.2) is 0 Å². The third-order valence-corrected chi connectivity index (χ3v) is 9.73. The Morgan fingerprint density at radius 2 is 1.13 bits per heavy atom. The number of rotatable bonds is 5. The lowest BCUT2D eigenvalue weighted by atomic mass is 9.90. The molecule has 6 rings (SSSR count). The number of hydrogen-bond donors (Lipinski definition) is 0. The van der Waals surface area contributed by atoms with Crippen LogP contribution in [0, 0.1) is 5.92 Å². The van der Waals surface area contributed by atoms with Crippen LogP contribution in [0.3, 0.4) is 0 Å². The predicted molar refractivity (Wildman–Crippen MR) is 169 cm³/mol. The highest BCUT2D eigenvalue weighted by Gasteiger charge is 2.22. The molecule has 38 heavy (non-hydrogen) atoms. The SMILES string of the molecule is CC(C)Cc1cc(-c2ccc3c4ccccc4c4cc(-c5ccccc5)ccc4c3c2)ncc1[Si](C)(C)C. The zero-order chi connectivity index (χ0) is 26.4. The summed E-state index contributed by atoms with van der Waals surface area (Å²) in [5.74, 6) is 0.617. The summed E-state index contributed by atoms with van der Waals surface area (Å²) >= 11 is 0. The van der Waals surface area contributed by atoms with Gasteiger partial charge in [0.1, 0.15) is 0 Å². The normalized spacial score (nSPS) is 12.2. The molecule has 0 radical (unpaired) electrons. The summed E-state index contributed by atoms with van der Waals surface area (Å²) in [5.41, 5.74) is 6.23. The highest BCUT2D eigenvalue weighted by molar-refractivity contribution is 6.89. The average Bonchev–Trinajstić information content (AvgIpc) is 2.92. The van der Waals surface area contributed by atoms with Gasteiger partial charge in [-0.3, -0.25) is 4.98 Å². The maximum atomic E-state index is 5.02. The minimum absolute atomic E-state index is 0.617. The minimum atomic E-state index is -1.48. The molecule has 0 spiro atoms. The van der Waals surface area contributed by atoms with Crippen LogP contribution in [0.15, 0.2) is 103 Å². The molecule has 2 heteroatoms. The molecule has 1 heterocycles.